The van der Waals surface area contributed by atoms with Crippen molar-refractivity contribution in [2.75, 3.05) is 5.75 Å². The number of hydrogen-bond donors (Lipinski definition) is 1. The van der Waals surface area contributed by atoms with Crippen molar-refractivity contribution in [1.29, 1.82) is 0 Å². The van der Waals surface area contributed by atoms with E-state index in [4.69, 9.17) is 0 Å². The normalized spacial score (nSPS) is 36.9. The van der Waals surface area contributed by atoms with Gasteiger partial charge in [-0.15, -0.1) is 0 Å². The Kier molecular flexibility index (Phi) is 5.47. The van der Waals surface area contributed by atoms with E-state index in [1.54, 1.807) is 0 Å². The zero-order valence-electron chi connectivity index (χ0n) is 12.9. The summed E-state index contributed by atoms with van der Waals surface area (Å²) in [5.74, 6) is 0.816. The van der Waals surface area contributed by atoms with Crippen molar-refractivity contribution in [3.8, 4) is 0 Å². The van der Waals surface area contributed by atoms with Gasteiger partial charge < -0.3 is 5.32 Å². The van der Waals surface area contributed by atoms with E-state index in [2.05, 4.69) is 26.1 Å². The van der Waals surface area contributed by atoms with Gasteiger partial charge in [0, 0.05) is 28.6 Å². The van der Waals surface area contributed by atoms with Crippen LogP contribution in [0.15, 0.2) is 0 Å². The van der Waals surface area contributed by atoms with Crippen molar-refractivity contribution in [2.24, 2.45) is 5.41 Å². The van der Waals surface area contributed by atoms with E-state index >= 15 is 0 Å². The van der Waals surface area contributed by atoms with Crippen LogP contribution >= 0.6 is 0 Å². The van der Waals surface area contributed by atoms with E-state index in [1.807, 2.05) is 0 Å². The van der Waals surface area contributed by atoms with Gasteiger partial charge in [-0.2, -0.15) is 0 Å². The van der Waals surface area contributed by atoms with Gasteiger partial charge in [-0.25, -0.2) is 0 Å². The Morgan fingerprint density at radius 3 is 2.47 bits per heavy atom. The lowest BCUT2D eigenvalue weighted by molar-refractivity contribution is 0.147. The van der Waals surface area contributed by atoms with Gasteiger partial charge in [0.15, 0.2) is 0 Å². The molecule has 4 atom stereocenters. The quantitative estimate of drug-likeness (QED) is 0.854. The van der Waals surface area contributed by atoms with E-state index < -0.39 is 10.8 Å². The molecule has 0 unspecified atom stereocenters. The Labute approximate surface area is 121 Å². The van der Waals surface area contributed by atoms with Crippen molar-refractivity contribution in [3.63, 3.8) is 0 Å². The zero-order chi connectivity index (χ0) is 13.9. The summed E-state index contributed by atoms with van der Waals surface area (Å²) in [5.41, 5.74) is 0.411. The molecule has 0 heterocycles. The molecule has 19 heavy (non-hydrogen) atoms. The van der Waals surface area contributed by atoms with Gasteiger partial charge in [-0.05, 0) is 31.1 Å². The summed E-state index contributed by atoms with van der Waals surface area (Å²) in [4.78, 5) is 0. The van der Waals surface area contributed by atoms with Crippen molar-refractivity contribution in [3.05, 3.63) is 0 Å². The molecule has 2 saturated carbocycles. The maximum atomic E-state index is 12.3. The third kappa shape index (κ3) is 3.81. The lowest BCUT2D eigenvalue weighted by Crippen LogP contribution is -2.54. The second-order valence-electron chi connectivity index (χ2n) is 7.05. The molecule has 0 amide bonds. The first-order valence-electron chi connectivity index (χ1n) is 8.18. The molecular formula is C16H31NOS. The molecule has 2 aliphatic carbocycles. The Bertz CT molecular complexity index is 316. The molecule has 3 heteroatoms. The van der Waals surface area contributed by atoms with Crippen LogP contribution < -0.4 is 5.32 Å². The average Bonchev–Trinajstić information content (AvgIpc) is 2.41. The van der Waals surface area contributed by atoms with Crippen molar-refractivity contribution in [2.45, 2.75) is 89.5 Å². The Morgan fingerprint density at radius 2 is 1.79 bits per heavy atom. The fraction of sp³-hybridized carbons (Fsp3) is 1.00. The molecule has 0 aliphatic heterocycles. The van der Waals surface area contributed by atoms with E-state index in [0.717, 1.165) is 12.2 Å². The summed E-state index contributed by atoms with van der Waals surface area (Å²) < 4.78 is 12.3. The van der Waals surface area contributed by atoms with Crippen LogP contribution in [0.4, 0.5) is 0 Å². The molecule has 0 aromatic heterocycles. The Hall–Kier alpha value is 0.110. The predicted molar refractivity (Wildman–Crippen MR) is 83.9 cm³/mol. The van der Waals surface area contributed by atoms with Crippen LogP contribution in [-0.2, 0) is 10.8 Å². The highest BCUT2D eigenvalue weighted by Gasteiger charge is 2.37. The smallest absolute Gasteiger partial charge is 0.0501 e. The van der Waals surface area contributed by atoms with Gasteiger partial charge in [-0.3, -0.25) is 4.21 Å². The second kappa shape index (κ2) is 6.71. The third-order valence-corrected chi connectivity index (χ3v) is 7.06. The van der Waals surface area contributed by atoms with Crippen LogP contribution in [0.2, 0.25) is 0 Å². The van der Waals surface area contributed by atoms with Crippen LogP contribution in [0.3, 0.4) is 0 Å². The summed E-state index contributed by atoms with van der Waals surface area (Å²) in [7, 11) is -0.635. The average molecular weight is 285 g/mol. The number of rotatable bonds is 4. The summed E-state index contributed by atoms with van der Waals surface area (Å²) in [6.45, 7) is 6.86. The first-order chi connectivity index (χ1) is 9.04. The fourth-order valence-electron chi connectivity index (χ4n) is 3.88. The highest BCUT2D eigenvalue weighted by molar-refractivity contribution is 7.85. The summed E-state index contributed by atoms with van der Waals surface area (Å²) in [6, 6.07) is 1.12. The Morgan fingerprint density at radius 1 is 1.11 bits per heavy atom. The first-order valence-corrected chi connectivity index (χ1v) is 9.56. The van der Waals surface area contributed by atoms with Gasteiger partial charge in [0.05, 0.1) is 5.25 Å². The van der Waals surface area contributed by atoms with Crippen molar-refractivity contribution in [1.82, 2.24) is 5.32 Å². The van der Waals surface area contributed by atoms with Gasteiger partial charge in [0.1, 0.15) is 0 Å². The second-order valence-corrected chi connectivity index (χ2v) is 9.00. The standard InChI is InChI=1S/C16H31NOS/c1-4-19(18)14-10-6-5-9-13(14)17-15-11-7-8-12-16(15,2)3/h13-15,17H,4-12H2,1-3H3/t13-,14-,15+,19+/m1/s1. The lowest BCUT2D eigenvalue weighted by Gasteiger charge is -2.43. The van der Waals surface area contributed by atoms with Crippen LogP contribution in [-0.4, -0.2) is 27.3 Å². The monoisotopic (exact) mass is 285 g/mol. The van der Waals surface area contributed by atoms with Gasteiger partial charge in [0.2, 0.25) is 0 Å². The number of nitrogens with one attached hydrogen (secondary N) is 1. The molecular weight excluding hydrogens is 254 g/mol. The highest BCUT2D eigenvalue weighted by atomic mass is 32.2. The van der Waals surface area contributed by atoms with Crippen LogP contribution in [0.5, 0.6) is 0 Å². The zero-order valence-corrected chi connectivity index (χ0v) is 13.7. The molecule has 2 fully saturated rings. The number of hydrogen-bond acceptors (Lipinski definition) is 2. The molecule has 0 saturated heterocycles. The molecule has 0 spiro atoms. The third-order valence-electron chi connectivity index (χ3n) is 5.25. The van der Waals surface area contributed by atoms with E-state index in [0.29, 0.717) is 22.7 Å². The maximum Gasteiger partial charge on any atom is 0.0501 e. The maximum absolute atomic E-state index is 12.3. The minimum absolute atomic E-state index is 0.400. The summed E-state index contributed by atoms with van der Waals surface area (Å²) >= 11 is 0. The molecule has 2 nitrogen and oxygen atoms in total. The minimum Gasteiger partial charge on any atom is -0.310 e. The summed E-state index contributed by atoms with van der Waals surface area (Å²) in [5, 5.41) is 4.32. The molecule has 112 valence electrons. The van der Waals surface area contributed by atoms with Crippen molar-refractivity contribution < 1.29 is 4.21 Å². The topological polar surface area (TPSA) is 29.1 Å². The molecule has 2 aliphatic rings. The van der Waals surface area contributed by atoms with Crippen LogP contribution in [0.25, 0.3) is 0 Å². The van der Waals surface area contributed by atoms with Gasteiger partial charge in [0.25, 0.3) is 0 Å². The van der Waals surface area contributed by atoms with Gasteiger partial charge in [-0.1, -0.05) is 46.5 Å². The van der Waals surface area contributed by atoms with Crippen molar-refractivity contribution >= 4 is 10.8 Å². The fourth-order valence-corrected chi connectivity index (χ4v) is 5.32. The first kappa shape index (κ1) is 15.5. The summed E-state index contributed by atoms with van der Waals surface area (Å²) in [6.07, 6.45) is 10.3. The Balaban J connectivity index is 2.00. The minimum atomic E-state index is -0.635. The largest absolute Gasteiger partial charge is 0.310 e. The lowest BCUT2D eigenvalue weighted by atomic mass is 9.72. The molecule has 0 aromatic carbocycles. The molecule has 2 rings (SSSR count). The molecule has 0 aromatic rings. The molecule has 1 N–H and O–H groups in total. The van der Waals surface area contributed by atoms with Crippen LogP contribution in [0.1, 0.15) is 72.1 Å². The predicted octanol–water partition coefficient (Wildman–Crippen LogP) is 3.62. The van der Waals surface area contributed by atoms with Crippen LogP contribution in [0, 0.1) is 5.41 Å². The van der Waals surface area contributed by atoms with E-state index in [9.17, 15) is 4.21 Å². The molecule has 0 bridgehead atoms. The highest BCUT2D eigenvalue weighted by Crippen LogP contribution is 2.36. The van der Waals surface area contributed by atoms with Gasteiger partial charge >= 0.3 is 0 Å². The SMILES string of the molecule is CC[S@](=O)[C@@H]1CCCC[C@H]1N[C@H]1CCCCC1(C)C. The van der Waals surface area contributed by atoms with E-state index in [-0.39, 0.29) is 0 Å². The van der Waals surface area contributed by atoms with E-state index in [1.165, 1.54) is 44.9 Å². The molecule has 0 radical (unpaired) electrons.